The molecule has 6 unspecified atom stereocenters. The standard InChI is InChI=1S/C38H45N3O9/c1-22(2)39-37(49)40-16-14-38(15-17-40)34(26-12-10-25(11-13-26)27-4-3-5-28(19-27)35(46)47)41(36(38)48)20-24-8-6-23(7-9-24)18-29-31(43)33(45)32(44)30(21-42)50-29/h3-13,19,22,29-34,42-45H,14-18,20-21H2,1-2H3,(H,39,49)(H,46,47). The van der Waals surface area contributed by atoms with E-state index in [1.165, 1.54) is 0 Å². The second-order valence-electron chi connectivity index (χ2n) is 14.0. The molecule has 3 aromatic rings. The molecule has 3 aliphatic rings. The van der Waals surface area contributed by atoms with Crippen LogP contribution in [0.4, 0.5) is 4.79 Å². The van der Waals surface area contributed by atoms with Crippen molar-refractivity contribution in [3.63, 3.8) is 0 Å². The van der Waals surface area contributed by atoms with Crippen LogP contribution in [0.25, 0.3) is 11.1 Å². The maximum absolute atomic E-state index is 14.1. The molecule has 0 radical (unpaired) electrons. The van der Waals surface area contributed by atoms with E-state index < -0.39 is 48.5 Å². The fourth-order valence-electron chi connectivity index (χ4n) is 7.60. The second-order valence-corrected chi connectivity index (χ2v) is 14.0. The van der Waals surface area contributed by atoms with E-state index in [1.54, 1.807) is 23.1 Å². The summed E-state index contributed by atoms with van der Waals surface area (Å²) in [6, 6.07) is 21.9. The molecule has 6 atom stereocenters. The number of nitrogens with zero attached hydrogens (tertiary/aromatic N) is 2. The zero-order valence-corrected chi connectivity index (χ0v) is 28.2. The van der Waals surface area contributed by atoms with Crippen LogP contribution in [-0.2, 0) is 22.5 Å². The number of ether oxygens (including phenoxy) is 1. The van der Waals surface area contributed by atoms with Gasteiger partial charge in [-0.25, -0.2) is 9.59 Å². The van der Waals surface area contributed by atoms with Gasteiger partial charge in [0.05, 0.1) is 29.7 Å². The lowest BCUT2D eigenvalue weighted by molar-refractivity contribution is -0.228. The predicted molar refractivity (Wildman–Crippen MR) is 183 cm³/mol. The van der Waals surface area contributed by atoms with E-state index in [-0.39, 0.29) is 36.0 Å². The Kier molecular flexibility index (Phi) is 10.3. The monoisotopic (exact) mass is 687 g/mol. The van der Waals surface area contributed by atoms with Crippen molar-refractivity contribution in [2.45, 2.75) is 82.3 Å². The quantitative estimate of drug-likeness (QED) is 0.185. The SMILES string of the molecule is CC(C)NC(=O)N1CCC2(CC1)C(=O)N(Cc1ccc(CC3OC(CO)C(O)C(O)C3O)cc1)C2c1ccc(-c2cccc(C(=O)O)c2)cc1. The first-order valence-corrected chi connectivity index (χ1v) is 17.1. The molecular weight excluding hydrogens is 642 g/mol. The van der Waals surface area contributed by atoms with Gasteiger partial charge in [-0.05, 0) is 66.6 Å². The number of carbonyl (C=O) groups is 3. The minimum atomic E-state index is -1.44. The highest BCUT2D eigenvalue weighted by Crippen LogP contribution is 2.56. The molecule has 3 heterocycles. The lowest BCUT2D eigenvalue weighted by Crippen LogP contribution is -2.66. The second kappa shape index (κ2) is 14.5. The van der Waals surface area contributed by atoms with Crippen LogP contribution in [0, 0.1) is 5.41 Å². The fraction of sp³-hybridized carbons (Fsp3) is 0.447. The Balaban J connectivity index is 1.21. The molecule has 3 fully saturated rings. The van der Waals surface area contributed by atoms with Crippen molar-refractivity contribution in [1.82, 2.24) is 15.1 Å². The number of piperidine rings is 1. The number of carboxylic acids is 1. The Labute approximate surface area is 290 Å². The third-order valence-electron chi connectivity index (χ3n) is 10.4. The molecule has 3 aromatic carbocycles. The summed E-state index contributed by atoms with van der Waals surface area (Å²) in [5.74, 6) is -0.959. The number of aromatic carboxylic acids is 1. The number of aliphatic hydroxyl groups is 4. The number of benzene rings is 3. The van der Waals surface area contributed by atoms with Gasteiger partial charge in [-0.15, -0.1) is 0 Å². The van der Waals surface area contributed by atoms with Crippen molar-refractivity contribution in [1.29, 1.82) is 0 Å². The molecule has 6 rings (SSSR count). The summed E-state index contributed by atoms with van der Waals surface area (Å²) in [7, 11) is 0. The Morgan fingerprint density at radius 2 is 1.52 bits per heavy atom. The first-order valence-electron chi connectivity index (χ1n) is 17.1. The van der Waals surface area contributed by atoms with Crippen molar-refractivity contribution >= 4 is 17.9 Å². The Bertz CT molecular complexity index is 1690. The molecular formula is C38H45N3O9. The third kappa shape index (κ3) is 6.86. The van der Waals surface area contributed by atoms with Crippen molar-refractivity contribution in [3.05, 3.63) is 95.1 Å². The number of hydrogen-bond acceptors (Lipinski definition) is 8. The van der Waals surface area contributed by atoms with Crippen LogP contribution < -0.4 is 5.32 Å². The first kappa shape index (κ1) is 35.5. The topological polar surface area (TPSA) is 180 Å². The summed E-state index contributed by atoms with van der Waals surface area (Å²) in [5.41, 5.74) is 3.85. The van der Waals surface area contributed by atoms with Gasteiger partial charge in [0, 0.05) is 32.1 Å². The fourth-order valence-corrected chi connectivity index (χ4v) is 7.60. The summed E-state index contributed by atoms with van der Waals surface area (Å²) >= 11 is 0. The van der Waals surface area contributed by atoms with E-state index >= 15 is 0 Å². The van der Waals surface area contributed by atoms with Gasteiger partial charge >= 0.3 is 12.0 Å². The van der Waals surface area contributed by atoms with E-state index in [0.29, 0.717) is 32.5 Å². The van der Waals surface area contributed by atoms with E-state index in [2.05, 4.69) is 5.32 Å². The molecule has 0 bridgehead atoms. The normalized spacial score (nSPS) is 26.2. The average molecular weight is 688 g/mol. The third-order valence-corrected chi connectivity index (χ3v) is 10.4. The number of urea groups is 1. The highest BCUT2D eigenvalue weighted by atomic mass is 16.5. The van der Waals surface area contributed by atoms with Gasteiger partial charge in [-0.3, -0.25) is 4.79 Å². The first-order chi connectivity index (χ1) is 23.9. The summed E-state index contributed by atoms with van der Waals surface area (Å²) in [6.45, 7) is 4.61. The molecule has 12 nitrogen and oxygen atoms in total. The van der Waals surface area contributed by atoms with Gasteiger partial charge in [-0.2, -0.15) is 0 Å². The Hall–Kier alpha value is -4.33. The van der Waals surface area contributed by atoms with E-state index in [4.69, 9.17) is 4.74 Å². The number of amides is 3. The van der Waals surface area contributed by atoms with E-state index in [1.807, 2.05) is 73.3 Å². The van der Waals surface area contributed by atoms with Crippen LogP contribution in [0.5, 0.6) is 0 Å². The summed E-state index contributed by atoms with van der Waals surface area (Å²) < 4.78 is 5.67. The van der Waals surface area contributed by atoms with Crippen molar-refractivity contribution < 1.29 is 44.7 Å². The molecule has 3 aliphatic heterocycles. The number of likely N-dealkylation sites (tertiary alicyclic amines) is 2. The molecule has 1 spiro atoms. The zero-order valence-electron chi connectivity index (χ0n) is 28.2. The number of β-lactam (4-membered cyclic amide) rings is 1. The van der Waals surface area contributed by atoms with Gasteiger partial charge in [0.1, 0.15) is 24.4 Å². The van der Waals surface area contributed by atoms with E-state index in [0.717, 1.165) is 27.8 Å². The number of carboxylic acid groups (broad SMARTS) is 1. The maximum Gasteiger partial charge on any atom is 0.335 e. The molecule has 50 heavy (non-hydrogen) atoms. The number of aliphatic hydroxyl groups excluding tert-OH is 4. The van der Waals surface area contributed by atoms with Crippen LogP contribution in [-0.4, -0.2) is 109 Å². The maximum atomic E-state index is 14.1. The number of hydrogen-bond donors (Lipinski definition) is 6. The lowest BCUT2D eigenvalue weighted by Gasteiger charge is -2.59. The van der Waals surface area contributed by atoms with Crippen molar-refractivity contribution in [2.24, 2.45) is 5.41 Å². The minimum Gasteiger partial charge on any atom is -0.478 e. The van der Waals surface area contributed by atoms with Crippen LogP contribution >= 0.6 is 0 Å². The average Bonchev–Trinajstić information content (AvgIpc) is 3.12. The van der Waals surface area contributed by atoms with Gasteiger partial charge in [-0.1, -0.05) is 60.7 Å². The van der Waals surface area contributed by atoms with E-state index in [9.17, 15) is 39.9 Å². The molecule has 0 saturated carbocycles. The van der Waals surface area contributed by atoms with Gasteiger partial charge in [0.25, 0.3) is 0 Å². The number of rotatable bonds is 9. The smallest absolute Gasteiger partial charge is 0.335 e. The number of carbonyl (C=O) groups excluding carboxylic acids is 2. The van der Waals surface area contributed by atoms with Gasteiger partial charge in [0.15, 0.2) is 0 Å². The highest BCUT2D eigenvalue weighted by Gasteiger charge is 2.61. The van der Waals surface area contributed by atoms with Crippen LogP contribution in [0.3, 0.4) is 0 Å². The molecule has 3 amide bonds. The molecule has 3 saturated heterocycles. The predicted octanol–water partition coefficient (Wildman–Crippen LogP) is 2.72. The van der Waals surface area contributed by atoms with Gasteiger partial charge in [0.2, 0.25) is 5.91 Å². The molecule has 0 aliphatic carbocycles. The van der Waals surface area contributed by atoms with Crippen molar-refractivity contribution in [2.75, 3.05) is 19.7 Å². The van der Waals surface area contributed by atoms with Crippen LogP contribution in [0.2, 0.25) is 0 Å². The van der Waals surface area contributed by atoms with Crippen LogP contribution in [0.1, 0.15) is 59.8 Å². The van der Waals surface area contributed by atoms with Gasteiger partial charge < -0.3 is 45.4 Å². The van der Waals surface area contributed by atoms with Crippen LogP contribution in [0.15, 0.2) is 72.8 Å². The summed E-state index contributed by atoms with van der Waals surface area (Å²) in [5, 5.41) is 52.7. The summed E-state index contributed by atoms with van der Waals surface area (Å²) in [6.07, 6.45) is -4.66. The molecule has 6 N–H and O–H groups in total. The minimum absolute atomic E-state index is 0.00488. The molecule has 266 valence electrons. The number of nitrogens with one attached hydrogen (secondary N) is 1. The Morgan fingerprint density at radius 1 is 0.880 bits per heavy atom. The van der Waals surface area contributed by atoms with Crippen molar-refractivity contribution in [3.8, 4) is 11.1 Å². The largest absolute Gasteiger partial charge is 0.478 e. The lowest BCUT2D eigenvalue weighted by atomic mass is 9.62. The molecule has 0 aromatic heterocycles. The highest BCUT2D eigenvalue weighted by molar-refractivity contribution is 5.91. The summed E-state index contributed by atoms with van der Waals surface area (Å²) in [4.78, 5) is 42.0. The Morgan fingerprint density at radius 3 is 2.14 bits per heavy atom. The zero-order chi connectivity index (χ0) is 35.7. The molecule has 12 heteroatoms.